The number of pyridine rings is 1. The number of aromatic carboxylic acids is 1. The van der Waals surface area contributed by atoms with Crippen LogP contribution in [0.5, 0.6) is 0 Å². The summed E-state index contributed by atoms with van der Waals surface area (Å²) in [6, 6.07) is 3.76. The van der Waals surface area contributed by atoms with Crippen molar-refractivity contribution < 1.29 is 19.5 Å². The first-order valence-corrected chi connectivity index (χ1v) is 7.73. The number of aromatic nitrogens is 3. The van der Waals surface area contributed by atoms with Crippen molar-refractivity contribution in [1.82, 2.24) is 25.4 Å². The Hall–Kier alpha value is -3.23. The summed E-state index contributed by atoms with van der Waals surface area (Å²) in [5, 5.41) is 18.7. The Balaban J connectivity index is 1.77. The van der Waals surface area contributed by atoms with Crippen molar-refractivity contribution in [3.05, 3.63) is 47.5 Å². The minimum Gasteiger partial charge on any atom is -0.478 e. The summed E-state index contributed by atoms with van der Waals surface area (Å²) in [4.78, 5) is 38.9. The smallest absolute Gasteiger partial charge is 0.337 e. The van der Waals surface area contributed by atoms with E-state index in [0.717, 1.165) is 11.9 Å². The number of carbonyl (C=O) groups excluding carboxylic acids is 2. The zero-order valence-corrected chi connectivity index (χ0v) is 13.5. The molecule has 1 aliphatic heterocycles. The van der Waals surface area contributed by atoms with E-state index in [1.165, 1.54) is 12.1 Å². The van der Waals surface area contributed by atoms with Gasteiger partial charge in [-0.15, -0.1) is 0 Å². The van der Waals surface area contributed by atoms with Crippen molar-refractivity contribution in [2.24, 2.45) is 7.05 Å². The van der Waals surface area contributed by atoms with Crippen molar-refractivity contribution in [3.63, 3.8) is 0 Å². The first kappa shape index (κ1) is 16.6. The first-order valence-electron chi connectivity index (χ1n) is 7.73. The molecule has 9 heteroatoms. The molecule has 3 heterocycles. The van der Waals surface area contributed by atoms with Crippen molar-refractivity contribution >= 4 is 17.8 Å². The largest absolute Gasteiger partial charge is 0.478 e. The first-order chi connectivity index (χ1) is 12.0. The second kappa shape index (κ2) is 6.71. The molecule has 0 saturated carbocycles. The summed E-state index contributed by atoms with van der Waals surface area (Å²) in [5.74, 6) is -1.61. The fourth-order valence-electron chi connectivity index (χ4n) is 2.82. The van der Waals surface area contributed by atoms with E-state index in [1.54, 1.807) is 24.0 Å². The molecule has 130 valence electrons. The van der Waals surface area contributed by atoms with Crippen LogP contribution in [0, 0.1) is 0 Å². The summed E-state index contributed by atoms with van der Waals surface area (Å²) in [5.41, 5.74) is 0.910. The number of aryl methyl sites for hydroxylation is 1. The van der Waals surface area contributed by atoms with E-state index in [1.807, 2.05) is 0 Å². The van der Waals surface area contributed by atoms with Gasteiger partial charge in [-0.1, -0.05) is 0 Å². The van der Waals surface area contributed by atoms with Gasteiger partial charge in [0.15, 0.2) is 0 Å². The fourth-order valence-corrected chi connectivity index (χ4v) is 2.82. The standard InChI is InChI=1S/C16H17N5O4/c1-21-12(6-7-18-21)14-10(4-5-13(22)20-14)19-15(23)11-3-2-9(8-17-11)16(24)25/h2-3,6-8,10,14H,4-5H2,1H3,(H,19,23)(H,20,22)(H,24,25)/t10-,14-/m1/s1. The molecular formula is C16H17N5O4. The van der Waals surface area contributed by atoms with E-state index in [2.05, 4.69) is 20.7 Å². The summed E-state index contributed by atoms with van der Waals surface area (Å²) in [6.45, 7) is 0. The molecule has 1 aliphatic rings. The molecule has 2 aromatic heterocycles. The fraction of sp³-hybridized carbons (Fsp3) is 0.312. The van der Waals surface area contributed by atoms with Gasteiger partial charge in [0.25, 0.3) is 5.91 Å². The van der Waals surface area contributed by atoms with Gasteiger partial charge in [-0.05, 0) is 24.6 Å². The zero-order valence-electron chi connectivity index (χ0n) is 13.5. The molecule has 0 bridgehead atoms. The number of carbonyl (C=O) groups is 3. The Morgan fingerprint density at radius 2 is 2.16 bits per heavy atom. The van der Waals surface area contributed by atoms with Crippen LogP contribution in [0.1, 0.15) is 45.4 Å². The Morgan fingerprint density at radius 3 is 2.76 bits per heavy atom. The SMILES string of the molecule is Cn1nccc1[C@@H]1NC(=O)CC[C@H]1NC(=O)c1ccc(C(=O)O)cn1. The number of rotatable bonds is 4. The lowest BCUT2D eigenvalue weighted by atomic mass is 9.95. The zero-order chi connectivity index (χ0) is 18.0. The molecule has 9 nitrogen and oxygen atoms in total. The van der Waals surface area contributed by atoms with E-state index in [9.17, 15) is 14.4 Å². The summed E-state index contributed by atoms with van der Waals surface area (Å²) in [7, 11) is 1.77. The van der Waals surface area contributed by atoms with Crippen molar-refractivity contribution in [1.29, 1.82) is 0 Å². The Kier molecular flexibility index (Phi) is 4.46. The van der Waals surface area contributed by atoms with E-state index < -0.39 is 17.9 Å². The Bertz CT molecular complexity index is 814. The lowest BCUT2D eigenvalue weighted by molar-refractivity contribution is -0.123. The third-order valence-corrected chi connectivity index (χ3v) is 4.14. The molecule has 0 aliphatic carbocycles. The maximum absolute atomic E-state index is 12.4. The molecule has 0 spiro atoms. The number of amides is 2. The average Bonchev–Trinajstić information content (AvgIpc) is 3.02. The number of nitrogens with one attached hydrogen (secondary N) is 2. The van der Waals surface area contributed by atoms with Crippen LogP contribution in [0.4, 0.5) is 0 Å². The highest BCUT2D eigenvalue weighted by molar-refractivity contribution is 5.94. The van der Waals surface area contributed by atoms with Crippen LogP contribution >= 0.6 is 0 Å². The van der Waals surface area contributed by atoms with Crippen LogP contribution in [0.2, 0.25) is 0 Å². The second-order valence-corrected chi connectivity index (χ2v) is 5.78. The Labute approximate surface area is 143 Å². The molecule has 1 saturated heterocycles. The summed E-state index contributed by atoms with van der Waals surface area (Å²) < 4.78 is 1.65. The lowest BCUT2D eigenvalue weighted by Gasteiger charge is -2.32. The van der Waals surface area contributed by atoms with Crippen LogP contribution < -0.4 is 10.6 Å². The highest BCUT2D eigenvalue weighted by Gasteiger charge is 2.33. The van der Waals surface area contributed by atoms with Gasteiger partial charge in [-0.3, -0.25) is 19.3 Å². The van der Waals surface area contributed by atoms with Crippen LogP contribution in [0.15, 0.2) is 30.6 Å². The molecule has 0 unspecified atom stereocenters. The molecule has 1 fully saturated rings. The van der Waals surface area contributed by atoms with Crippen molar-refractivity contribution in [2.75, 3.05) is 0 Å². The summed E-state index contributed by atoms with van der Waals surface area (Å²) in [6.07, 6.45) is 3.56. The van der Waals surface area contributed by atoms with Gasteiger partial charge in [0.2, 0.25) is 5.91 Å². The van der Waals surface area contributed by atoms with Crippen LogP contribution in [0.3, 0.4) is 0 Å². The number of nitrogens with zero attached hydrogens (tertiary/aromatic N) is 3. The van der Waals surface area contributed by atoms with E-state index in [0.29, 0.717) is 12.8 Å². The molecule has 25 heavy (non-hydrogen) atoms. The van der Waals surface area contributed by atoms with Gasteiger partial charge < -0.3 is 15.7 Å². The van der Waals surface area contributed by atoms with Gasteiger partial charge in [0.1, 0.15) is 5.69 Å². The van der Waals surface area contributed by atoms with Crippen LogP contribution in [0.25, 0.3) is 0 Å². The van der Waals surface area contributed by atoms with Crippen LogP contribution in [-0.2, 0) is 11.8 Å². The molecule has 2 amide bonds. The topological polar surface area (TPSA) is 126 Å². The quantitative estimate of drug-likeness (QED) is 0.731. The number of carboxylic acids is 1. The maximum Gasteiger partial charge on any atom is 0.337 e. The molecule has 3 N–H and O–H groups in total. The van der Waals surface area contributed by atoms with Gasteiger partial charge >= 0.3 is 5.97 Å². The van der Waals surface area contributed by atoms with Gasteiger partial charge in [-0.25, -0.2) is 4.79 Å². The minimum atomic E-state index is -1.11. The number of piperidine rings is 1. The molecular weight excluding hydrogens is 326 g/mol. The monoisotopic (exact) mass is 343 g/mol. The summed E-state index contributed by atoms with van der Waals surface area (Å²) >= 11 is 0. The predicted octanol–water partition coefficient (Wildman–Crippen LogP) is 0.263. The van der Waals surface area contributed by atoms with E-state index in [-0.39, 0.29) is 23.2 Å². The van der Waals surface area contributed by atoms with Crippen molar-refractivity contribution in [2.45, 2.75) is 24.9 Å². The molecule has 3 rings (SSSR count). The lowest BCUT2D eigenvalue weighted by Crippen LogP contribution is -2.50. The number of hydrogen-bond donors (Lipinski definition) is 3. The second-order valence-electron chi connectivity index (χ2n) is 5.78. The minimum absolute atomic E-state index is 0.00856. The average molecular weight is 343 g/mol. The Morgan fingerprint density at radius 1 is 1.36 bits per heavy atom. The van der Waals surface area contributed by atoms with Crippen molar-refractivity contribution in [3.8, 4) is 0 Å². The van der Waals surface area contributed by atoms with Gasteiger partial charge in [0, 0.05) is 25.9 Å². The molecule has 2 aromatic rings. The number of hydrogen-bond acceptors (Lipinski definition) is 5. The highest BCUT2D eigenvalue weighted by Crippen LogP contribution is 2.24. The third-order valence-electron chi connectivity index (χ3n) is 4.14. The highest BCUT2D eigenvalue weighted by atomic mass is 16.4. The van der Waals surface area contributed by atoms with E-state index >= 15 is 0 Å². The third kappa shape index (κ3) is 3.49. The maximum atomic E-state index is 12.4. The molecule has 0 radical (unpaired) electrons. The normalized spacial score (nSPS) is 20.0. The number of carboxylic acid groups (broad SMARTS) is 1. The molecule has 2 atom stereocenters. The van der Waals surface area contributed by atoms with Gasteiger partial charge in [0.05, 0.1) is 23.3 Å². The van der Waals surface area contributed by atoms with E-state index in [4.69, 9.17) is 5.11 Å². The van der Waals surface area contributed by atoms with Gasteiger partial charge in [-0.2, -0.15) is 5.10 Å². The van der Waals surface area contributed by atoms with Crippen LogP contribution in [-0.4, -0.2) is 43.7 Å². The predicted molar refractivity (Wildman–Crippen MR) is 85.8 cm³/mol. The molecule has 0 aromatic carbocycles.